The lowest BCUT2D eigenvalue weighted by atomic mass is 10.1. The summed E-state index contributed by atoms with van der Waals surface area (Å²) in [6.07, 6.45) is 0.582. The van der Waals surface area contributed by atoms with Crippen LogP contribution in [0.3, 0.4) is 0 Å². The summed E-state index contributed by atoms with van der Waals surface area (Å²) in [5, 5.41) is 2.94. The van der Waals surface area contributed by atoms with Gasteiger partial charge < -0.3 is 10.2 Å². The normalized spacial score (nSPS) is 12.5. The van der Waals surface area contributed by atoms with E-state index in [-0.39, 0.29) is 17.3 Å². The third kappa shape index (κ3) is 7.92. The maximum atomic E-state index is 14.0. The van der Waals surface area contributed by atoms with Crippen LogP contribution in [0.5, 0.6) is 0 Å². The molecule has 39 heavy (non-hydrogen) atoms. The molecule has 3 aromatic carbocycles. The molecule has 1 N–H and O–H groups in total. The molecule has 0 spiro atoms. The Hall–Kier alpha value is -3.17. The van der Waals surface area contributed by atoms with Gasteiger partial charge in [0.2, 0.25) is 11.8 Å². The van der Waals surface area contributed by atoms with Crippen molar-refractivity contribution in [3.63, 3.8) is 0 Å². The predicted molar refractivity (Wildman–Crippen MR) is 159 cm³/mol. The first-order valence-electron chi connectivity index (χ1n) is 12.8. The monoisotopic (exact) mass is 613 g/mol. The molecular weight excluding hydrogens is 578 g/mol. The van der Waals surface area contributed by atoms with Crippen molar-refractivity contribution in [1.82, 2.24) is 10.2 Å². The molecule has 0 heterocycles. The maximum absolute atomic E-state index is 14.0. The van der Waals surface area contributed by atoms with Gasteiger partial charge in [-0.25, -0.2) is 8.42 Å². The van der Waals surface area contributed by atoms with Crippen molar-refractivity contribution in [3.8, 4) is 0 Å². The maximum Gasteiger partial charge on any atom is 0.264 e. The number of amides is 2. The number of sulfonamides is 1. The number of para-hydroxylation sites is 1. The van der Waals surface area contributed by atoms with Gasteiger partial charge in [-0.15, -0.1) is 0 Å². The summed E-state index contributed by atoms with van der Waals surface area (Å²) in [4.78, 5) is 28.7. The molecule has 0 aromatic heterocycles. The van der Waals surface area contributed by atoms with Crippen molar-refractivity contribution in [3.05, 3.63) is 94.5 Å². The van der Waals surface area contributed by atoms with Crippen LogP contribution in [-0.4, -0.2) is 43.3 Å². The largest absolute Gasteiger partial charge is 0.350 e. The number of anilines is 1. The molecule has 0 bridgehead atoms. The van der Waals surface area contributed by atoms with Crippen LogP contribution in [0.1, 0.15) is 45.7 Å². The van der Waals surface area contributed by atoms with E-state index in [0.717, 1.165) is 19.9 Å². The third-order valence-electron chi connectivity index (χ3n) is 6.18. The summed E-state index contributed by atoms with van der Waals surface area (Å²) in [6, 6.07) is 21.8. The number of halogens is 1. The van der Waals surface area contributed by atoms with E-state index in [0.29, 0.717) is 12.1 Å². The molecule has 7 nitrogen and oxygen atoms in total. The van der Waals surface area contributed by atoms with Crippen LogP contribution in [0.4, 0.5) is 5.69 Å². The lowest BCUT2D eigenvalue weighted by molar-refractivity contribution is -0.140. The first kappa shape index (κ1) is 30.4. The molecule has 0 aliphatic heterocycles. The highest BCUT2D eigenvalue weighted by Gasteiger charge is 2.33. The van der Waals surface area contributed by atoms with Crippen LogP contribution in [0.25, 0.3) is 0 Å². The number of nitrogens with zero attached hydrogens (tertiary/aromatic N) is 2. The molecule has 9 heteroatoms. The zero-order chi connectivity index (χ0) is 28.8. The summed E-state index contributed by atoms with van der Waals surface area (Å²) < 4.78 is 29.9. The highest BCUT2D eigenvalue weighted by Crippen LogP contribution is 2.28. The minimum Gasteiger partial charge on any atom is -0.350 e. The lowest BCUT2D eigenvalue weighted by Gasteiger charge is -2.34. The van der Waals surface area contributed by atoms with E-state index in [4.69, 9.17) is 0 Å². The Bertz CT molecular complexity index is 1390. The average molecular weight is 615 g/mol. The smallest absolute Gasteiger partial charge is 0.264 e. The van der Waals surface area contributed by atoms with Crippen molar-refractivity contribution >= 4 is 43.5 Å². The van der Waals surface area contributed by atoms with Crippen molar-refractivity contribution in [2.75, 3.05) is 10.8 Å². The Kier molecular flexibility index (Phi) is 9.96. The number of carbonyl (C=O) groups excluding carboxylic acids is 2. The summed E-state index contributed by atoms with van der Waals surface area (Å²) in [6.45, 7) is 8.88. The Balaban J connectivity index is 2.06. The highest BCUT2D eigenvalue weighted by atomic mass is 79.9. The second-order valence-electron chi connectivity index (χ2n) is 10.4. The zero-order valence-electron chi connectivity index (χ0n) is 23.0. The van der Waals surface area contributed by atoms with Gasteiger partial charge in [-0.05, 0) is 75.6 Å². The number of rotatable bonds is 10. The van der Waals surface area contributed by atoms with Crippen molar-refractivity contribution in [2.45, 2.75) is 64.1 Å². The van der Waals surface area contributed by atoms with Gasteiger partial charge in [0.1, 0.15) is 12.6 Å². The average Bonchev–Trinajstić information content (AvgIpc) is 2.90. The van der Waals surface area contributed by atoms with Gasteiger partial charge in [-0.2, -0.15) is 0 Å². The van der Waals surface area contributed by atoms with Crippen LogP contribution in [0.2, 0.25) is 0 Å². The third-order valence-corrected chi connectivity index (χ3v) is 8.49. The van der Waals surface area contributed by atoms with Crippen LogP contribution >= 0.6 is 15.9 Å². The zero-order valence-corrected chi connectivity index (χ0v) is 25.4. The molecule has 3 rings (SSSR count). The van der Waals surface area contributed by atoms with E-state index in [1.807, 2.05) is 64.1 Å². The van der Waals surface area contributed by atoms with Crippen LogP contribution in [-0.2, 0) is 32.6 Å². The molecule has 0 aliphatic carbocycles. The summed E-state index contributed by atoms with van der Waals surface area (Å²) >= 11 is 3.42. The van der Waals surface area contributed by atoms with Gasteiger partial charge in [0.15, 0.2) is 0 Å². The van der Waals surface area contributed by atoms with Gasteiger partial charge in [0.05, 0.1) is 10.6 Å². The number of hydrogen-bond donors (Lipinski definition) is 1. The van der Waals surface area contributed by atoms with Crippen LogP contribution in [0.15, 0.2) is 88.2 Å². The van der Waals surface area contributed by atoms with Gasteiger partial charge in [-0.3, -0.25) is 13.9 Å². The van der Waals surface area contributed by atoms with Crippen molar-refractivity contribution in [2.24, 2.45) is 0 Å². The number of nitrogens with one attached hydrogen (secondary N) is 1. The Morgan fingerprint density at radius 3 is 2.10 bits per heavy atom. The molecule has 0 radical (unpaired) electrons. The van der Waals surface area contributed by atoms with E-state index >= 15 is 0 Å². The molecule has 3 aromatic rings. The fourth-order valence-corrected chi connectivity index (χ4v) is 5.87. The molecule has 0 unspecified atom stereocenters. The topological polar surface area (TPSA) is 86.8 Å². The van der Waals surface area contributed by atoms with E-state index < -0.39 is 34.1 Å². The Labute approximate surface area is 240 Å². The molecular formula is C30H36BrN3O4S. The molecule has 0 saturated heterocycles. The highest BCUT2D eigenvalue weighted by molar-refractivity contribution is 9.10. The Morgan fingerprint density at radius 2 is 1.51 bits per heavy atom. The van der Waals surface area contributed by atoms with E-state index in [1.165, 1.54) is 17.0 Å². The first-order chi connectivity index (χ1) is 18.3. The van der Waals surface area contributed by atoms with Crippen molar-refractivity contribution in [1.29, 1.82) is 0 Å². The molecule has 0 aliphatic rings. The van der Waals surface area contributed by atoms with Gasteiger partial charge in [0.25, 0.3) is 10.0 Å². The number of benzene rings is 3. The minimum absolute atomic E-state index is 0.0849. The van der Waals surface area contributed by atoms with Crippen LogP contribution < -0.4 is 9.62 Å². The first-order valence-corrected chi connectivity index (χ1v) is 15.1. The summed E-state index contributed by atoms with van der Waals surface area (Å²) in [5.74, 6) is -0.806. The van der Waals surface area contributed by atoms with Gasteiger partial charge in [-0.1, -0.05) is 71.4 Å². The van der Waals surface area contributed by atoms with E-state index in [1.54, 1.807) is 37.3 Å². The molecule has 0 saturated carbocycles. The van der Waals surface area contributed by atoms with Gasteiger partial charge >= 0.3 is 0 Å². The number of hydrogen-bond acceptors (Lipinski definition) is 4. The number of aryl methyl sites for hydroxylation is 1. The lowest BCUT2D eigenvalue weighted by Crippen LogP contribution is -2.54. The predicted octanol–water partition coefficient (Wildman–Crippen LogP) is 5.54. The standard InChI is InChI=1S/C30H36BrN3O4S/c1-6-24-12-10-11-15-27(24)34(39(37,38)26-13-8-7-9-14-26)21-28(35)33(20-23-16-18-25(31)19-17-23)22(2)29(36)32-30(3,4)5/h7-19,22H,6,20-21H2,1-5H3,(H,32,36)/t22-/m1/s1. The molecule has 2 amide bonds. The fraction of sp³-hybridized carbons (Fsp3) is 0.333. The summed E-state index contributed by atoms with van der Waals surface area (Å²) in [5.41, 5.74) is 1.55. The van der Waals surface area contributed by atoms with Crippen molar-refractivity contribution < 1.29 is 18.0 Å². The molecule has 208 valence electrons. The summed E-state index contributed by atoms with van der Waals surface area (Å²) in [7, 11) is -4.09. The minimum atomic E-state index is -4.09. The second-order valence-corrected chi connectivity index (χ2v) is 13.1. The molecule has 0 fully saturated rings. The van der Waals surface area contributed by atoms with E-state index in [2.05, 4.69) is 21.2 Å². The van der Waals surface area contributed by atoms with E-state index in [9.17, 15) is 18.0 Å². The molecule has 1 atom stereocenters. The quantitative estimate of drug-likeness (QED) is 0.325. The second kappa shape index (κ2) is 12.8. The fourth-order valence-electron chi connectivity index (χ4n) is 4.13. The van der Waals surface area contributed by atoms with Crippen LogP contribution in [0, 0.1) is 0 Å². The number of carbonyl (C=O) groups is 2. The Morgan fingerprint density at radius 1 is 0.923 bits per heavy atom. The van der Waals surface area contributed by atoms with Gasteiger partial charge in [0, 0.05) is 16.6 Å². The SMILES string of the molecule is CCc1ccccc1N(CC(=O)N(Cc1ccc(Br)cc1)[C@H](C)C(=O)NC(C)(C)C)S(=O)(=O)c1ccccc1.